The second-order valence-corrected chi connectivity index (χ2v) is 4.86. The average molecular weight is 300 g/mol. The third kappa shape index (κ3) is 3.06. The maximum atomic E-state index is 13.0. The van der Waals surface area contributed by atoms with Gasteiger partial charge in [0.05, 0.1) is 5.52 Å². The molecule has 0 saturated carbocycles. The minimum atomic E-state index is -0.494. The SMILES string of the molecule is O=C(NCCc1ccc2oc(=O)[nH]c2c1)c1cccc(F)c1. The number of hydrogen-bond acceptors (Lipinski definition) is 3. The van der Waals surface area contributed by atoms with Crippen LogP contribution in [0.1, 0.15) is 15.9 Å². The molecule has 0 atom stereocenters. The second-order valence-electron chi connectivity index (χ2n) is 4.86. The zero-order valence-corrected chi connectivity index (χ0v) is 11.6. The summed E-state index contributed by atoms with van der Waals surface area (Å²) in [5.41, 5.74) is 2.36. The molecule has 6 heteroatoms. The van der Waals surface area contributed by atoms with Gasteiger partial charge in [0.1, 0.15) is 5.82 Å². The van der Waals surface area contributed by atoms with Crippen molar-refractivity contribution in [3.8, 4) is 0 Å². The van der Waals surface area contributed by atoms with Crippen molar-refractivity contribution in [1.82, 2.24) is 10.3 Å². The van der Waals surface area contributed by atoms with Crippen molar-refractivity contribution in [2.45, 2.75) is 6.42 Å². The molecule has 22 heavy (non-hydrogen) atoms. The van der Waals surface area contributed by atoms with Gasteiger partial charge in [0, 0.05) is 12.1 Å². The molecule has 3 aromatic rings. The van der Waals surface area contributed by atoms with Crippen molar-refractivity contribution in [3.05, 3.63) is 70.0 Å². The van der Waals surface area contributed by atoms with E-state index in [1.807, 2.05) is 6.07 Å². The van der Waals surface area contributed by atoms with Crippen LogP contribution in [0, 0.1) is 5.82 Å². The lowest BCUT2D eigenvalue weighted by molar-refractivity contribution is 0.0953. The molecule has 0 fully saturated rings. The Balaban J connectivity index is 1.62. The van der Waals surface area contributed by atoms with E-state index in [1.54, 1.807) is 18.2 Å². The van der Waals surface area contributed by atoms with E-state index in [1.165, 1.54) is 18.2 Å². The summed E-state index contributed by atoms with van der Waals surface area (Å²) in [5.74, 6) is -1.26. The zero-order chi connectivity index (χ0) is 15.5. The van der Waals surface area contributed by atoms with Crippen LogP contribution >= 0.6 is 0 Å². The molecule has 3 rings (SSSR count). The number of aromatic nitrogens is 1. The van der Waals surface area contributed by atoms with E-state index in [-0.39, 0.29) is 11.5 Å². The smallest absolute Gasteiger partial charge is 0.408 e. The lowest BCUT2D eigenvalue weighted by Gasteiger charge is -2.05. The van der Waals surface area contributed by atoms with Gasteiger partial charge in [-0.2, -0.15) is 0 Å². The molecule has 0 radical (unpaired) electrons. The molecule has 2 N–H and O–H groups in total. The Hall–Kier alpha value is -2.89. The Morgan fingerprint density at radius 2 is 2.09 bits per heavy atom. The topological polar surface area (TPSA) is 75.1 Å². The highest BCUT2D eigenvalue weighted by Crippen LogP contribution is 2.12. The Kier molecular flexibility index (Phi) is 3.74. The zero-order valence-electron chi connectivity index (χ0n) is 11.6. The summed E-state index contributed by atoms with van der Waals surface area (Å²) in [6.45, 7) is 0.406. The van der Waals surface area contributed by atoms with Gasteiger partial charge >= 0.3 is 5.76 Å². The van der Waals surface area contributed by atoms with Gasteiger partial charge in [0.25, 0.3) is 5.91 Å². The fourth-order valence-electron chi connectivity index (χ4n) is 2.21. The second kappa shape index (κ2) is 5.85. The lowest BCUT2D eigenvalue weighted by Crippen LogP contribution is -2.25. The molecule has 1 aromatic heterocycles. The number of hydrogen-bond donors (Lipinski definition) is 2. The van der Waals surface area contributed by atoms with Crippen LogP contribution in [0.2, 0.25) is 0 Å². The highest BCUT2D eigenvalue weighted by atomic mass is 19.1. The maximum absolute atomic E-state index is 13.0. The first-order valence-electron chi connectivity index (χ1n) is 6.77. The monoisotopic (exact) mass is 300 g/mol. The fraction of sp³-hybridized carbons (Fsp3) is 0.125. The maximum Gasteiger partial charge on any atom is 0.417 e. The normalized spacial score (nSPS) is 10.8. The van der Waals surface area contributed by atoms with Crippen LogP contribution in [0.4, 0.5) is 4.39 Å². The average Bonchev–Trinajstić information content (AvgIpc) is 2.86. The van der Waals surface area contributed by atoms with Crippen molar-refractivity contribution in [3.63, 3.8) is 0 Å². The van der Waals surface area contributed by atoms with E-state index in [2.05, 4.69) is 10.3 Å². The van der Waals surface area contributed by atoms with Crippen LogP contribution < -0.4 is 11.1 Å². The lowest BCUT2D eigenvalue weighted by atomic mass is 10.1. The van der Waals surface area contributed by atoms with Gasteiger partial charge in [-0.3, -0.25) is 9.78 Å². The molecular formula is C16H13FN2O3. The fourth-order valence-corrected chi connectivity index (χ4v) is 2.21. The summed E-state index contributed by atoms with van der Waals surface area (Å²) in [6, 6.07) is 10.9. The van der Waals surface area contributed by atoms with Gasteiger partial charge in [-0.25, -0.2) is 9.18 Å². The van der Waals surface area contributed by atoms with Crippen molar-refractivity contribution < 1.29 is 13.6 Å². The molecule has 0 saturated heterocycles. The molecule has 1 heterocycles. The third-order valence-electron chi connectivity index (χ3n) is 3.27. The predicted octanol–water partition coefficient (Wildman–Crippen LogP) is 2.23. The largest absolute Gasteiger partial charge is 0.417 e. The van der Waals surface area contributed by atoms with Crippen LogP contribution in [0.3, 0.4) is 0 Å². The minimum absolute atomic E-state index is 0.287. The standard InChI is InChI=1S/C16H13FN2O3/c17-12-3-1-2-11(9-12)15(20)18-7-6-10-4-5-14-13(8-10)19-16(21)22-14/h1-5,8-9H,6-7H2,(H,18,20)(H,19,21). The van der Waals surface area contributed by atoms with Gasteiger partial charge < -0.3 is 9.73 Å². The summed E-state index contributed by atoms with van der Waals surface area (Å²) >= 11 is 0. The molecule has 0 unspecified atom stereocenters. The first-order valence-corrected chi connectivity index (χ1v) is 6.77. The van der Waals surface area contributed by atoms with E-state index in [9.17, 15) is 14.0 Å². The van der Waals surface area contributed by atoms with Crippen molar-refractivity contribution in [2.75, 3.05) is 6.54 Å². The van der Waals surface area contributed by atoms with Crippen molar-refractivity contribution in [2.24, 2.45) is 0 Å². The van der Waals surface area contributed by atoms with Crippen LogP contribution in [-0.2, 0) is 6.42 Å². The Morgan fingerprint density at radius 3 is 2.91 bits per heavy atom. The van der Waals surface area contributed by atoms with E-state index in [0.717, 1.165) is 5.56 Å². The van der Waals surface area contributed by atoms with Gasteiger partial charge in [-0.15, -0.1) is 0 Å². The van der Waals surface area contributed by atoms with Crippen molar-refractivity contribution in [1.29, 1.82) is 0 Å². The third-order valence-corrected chi connectivity index (χ3v) is 3.27. The van der Waals surface area contributed by atoms with Crippen LogP contribution in [0.5, 0.6) is 0 Å². The first-order chi connectivity index (χ1) is 10.6. The summed E-state index contributed by atoms with van der Waals surface area (Å²) in [5, 5.41) is 2.73. The summed E-state index contributed by atoms with van der Waals surface area (Å²) in [4.78, 5) is 25.5. The molecule has 0 aliphatic heterocycles. The molecule has 0 bridgehead atoms. The minimum Gasteiger partial charge on any atom is -0.408 e. The number of nitrogens with one attached hydrogen (secondary N) is 2. The molecule has 112 valence electrons. The van der Waals surface area contributed by atoms with Crippen LogP contribution in [0.15, 0.2) is 51.7 Å². The quantitative estimate of drug-likeness (QED) is 0.776. The number of fused-ring (bicyclic) bond motifs is 1. The van der Waals surface area contributed by atoms with E-state index >= 15 is 0 Å². The Morgan fingerprint density at radius 1 is 1.23 bits per heavy atom. The van der Waals surface area contributed by atoms with Gasteiger partial charge in [0.15, 0.2) is 5.58 Å². The molecule has 1 amide bonds. The number of amides is 1. The molecule has 0 aliphatic carbocycles. The highest BCUT2D eigenvalue weighted by Gasteiger charge is 2.06. The summed E-state index contributed by atoms with van der Waals surface area (Å²) in [6.07, 6.45) is 0.588. The number of carbonyl (C=O) groups excluding carboxylic acids is 1. The van der Waals surface area contributed by atoms with E-state index in [0.29, 0.717) is 24.1 Å². The molecule has 2 aromatic carbocycles. The van der Waals surface area contributed by atoms with Crippen LogP contribution in [-0.4, -0.2) is 17.4 Å². The van der Waals surface area contributed by atoms with E-state index in [4.69, 9.17) is 4.42 Å². The number of oxazole rings is 1. The van der Waals surface area contributed by atoms with E-state index < -0.39 is 11.6 Å². The number of aromatic amines is 1. The summed E-state index contributed by atoms with van der Waals surface area (Å²) < 4.78 is 18.0. The highest BCUT2D eigenvalue weighted by molar-refractivity contribution is 5.94. The number of carbonyl (C=O) groups is 1. The molecule has 0 aliphatic rings. The number of rotatable bonds is 4. The predicted molar refractivity (Wildman–Crippen MR) is 79.3 cm³/mol. The van der Waals surface area contributed by atoms with Gasteiger partial charge in [-0.05, 0) is 42.3 Å². The Bertz CT molecular complexity index is 882. The van der Waals surface area contributed by atoms with Gasteiger partial charge in [-0.1, -0.05) is 12.1 Å². The molecule has 0 spiro atoms. The van der Waals surface area contributed by atoms with Gasteiger partial charge in [0.2, 0.25) is 0 Å². The number of halogens is 1. The first kappa shape index (κ1) is 14.1. The number of H-pyrrole nitrogens is 1. The van der Waals surface area contributed by atoms with Crippen LogP contribution in [0.25, 0.3) is 11.1 Å². The molecule has 5 nitrogen and oxygen atoms in total. The van der Waals surface area contributed by atoms with Crippen molar-refractivity contribution >= 4 is 17.0 Å². The molecular weight excluding hydrogens is 287 g/mol. The Labute approximate surface area is 124 Å². The summed E-state index contributed by atoms with van der Waals surface area (Å²) in [7, 11) is 0. The number of benzene rings is 2.